The van der Waals surface area contributed by atoms with Crippen LogP contribution in [0.5, 0.6) is 5.75 Å². The summed E-state index contributed by atoms with van der Waals surface area (Å²) in [6, 6.07) is 13.2. The Hall–Kier alpha value is -3.57. The number of hydrogen-bond donors (Lipinski definition) is 0. The van der Waals surface area contributed by atoms with Crippen LogP contribution in [-0.2, 0) is 11.4 Å². The highest BCUT2D eigenvalue weighted by molar-refractivity contribution is 8.18. The SMILES string of the molecule is C#CCN1C(=O)SC(=Cc2ccc(OCc3cccc([N+](=O)[O-])c3)cc2)C1=O. The average molecular weight is 394 g/mol. The number of ether oxygens (including phenoxy) is 1. The van der Waals surface area contributed by atoms with E-state index >= 15 is 0 Å². The molecule has 0 N–H and O–H groups in total. The zero-order valence-electron chi connectivity index (χ0n) is 14.5. The average Bonchev–Trinajstić information content (AvgIpc) is 2.95. The van der Waals surface area contributed by atoms with Crippen LogP contribution in [-0.4, -0.2) is 27.5 Å². The van der Waals surface area contributed by atoms with Crippen molar-refractivity contribution in [1.82, 2.24) is 4.90 Å². The standard InChI is InChI=1S/C20H14N2O5S/c1-2-10-21-19(23)18(28-20(21)24)12-14-6-8-17(9-7-14)27-13-15-4-3-5-16(11-15)22(25)26/h1,3-9,11-12H,10,13H2. The summed E-state index contributed by atoms with van der Waals surface area (Å²) >= 11 is 0.849. The highest BCUT2D eigenvalue weighted by Gasteiger charge is 2.34. The Morgan fingerprint density at radius 1 is 1.21 bits per heavy atom. The zero-order valence-corrected chi connectivity index (χ0v) is 15.3. The van der Waals surface area contributed by atoms with Crippen molar-refractivity contribution >= 4 is 34.7 Å². The summed E-state index contributed by atoms with van der Waals surface area (Å²) in [5.74, 6) is 2.46. The lowest BCUT2D eigenvalue weighted by atomic mass is 10.2. The molecule has 7 nitrogen and oxygen atoms in total. The Kier molecular flexibility index (Phi) is 5.77. The van der Waals surface area contributed by atoms with E-state index in [1.807, 2.05) is 0 Å². The van der Waals surface area contributed by atoms with Gasteiger partial charge in [-0.2, -0.15) is 0 Å². The molecule has 0 spiro atoms. The van der Waals surface area contributed by atoms with E-state index < -0.39 is 10.8 Å². The number of nitro groups is 1. The Bertz CT molecular complexity index is 1010. The number of carbonyl (C=O) groups is 2. The topological polar surface area (TPSA) is 89.8 Å². The Morgan fingerprint density at radius 2 is 1.96 bits per heavy atom. The fourth-order valence-electron chi connectivity index (χ4n) is 2.47. The van der Waals surface area contributed by atoms with Crippen LogP contribution in [0.4, 0.5) is 10.5 Å². The Labute approximate surface area is 165 Å². The monoisotopic (exact) mass is 394 g/mol. The molecule has 0 aliphatic carbocycles. The molecule has 2 aromatic carbocycles. The quantitative estimate of drug-likeness (QED) is 0.320. The normalized spacial score (nSPS) is 15.0. The number of amides is 2. The van der Waals surface area contributed by atoms with Crippen molar-refractivity contribution in [3.8, 4) is 18.1 Å². The summed E-state index contributed by atoms with van der Waals surface area (Å²) in [5, 5.41) is 10.4. The van der Waals surface area contributed by atoms with E-state index in [0.29, 0.717) is 16.2 Å². The fraction of sp³-hybridized carbons (Fsp3) is 0.100. The predicted molar refractivity (Wildman–Crippen MR) is 105 cm³/mol. The van der Waals surface area contributed by atoms with E-state index in [1.165, 1.54) is 12.1 Å². The second kappa shape index (κ2) is 8.41. The second-order valence-corrected chi connectivity index (χ2v) is 6.75. The van der Waals surface area contributed by atoms with Crippen LogP contribution < -0.4 is 4.74 Å². The first-order valence-electron chi connectivity index (χ1n) is 8.13. The smallest absolute Gasteiger partial charge is 0.294 e. The molecule has 1 aliphatic heterocycles. The van der Waals surface area contributed by atoms with E-state index in [0.717, 1.165) is 22.2 Å². The molecule has 2 aromatic rings. The summed E-state index contributed by atoms with van der Waals surface area (Å²) in [6.07, 6.45) is 6.79. The number of hydrogen-bond acceptors (Lipinski definition) is 6. The minimum atomic E-state index is -0.455. The minimum Gasteiger partial charge on any atom is -0.489 e. The number of nitrogens with zero attached hydrogens (tertiary/aromatic N) is 2. The third-order valence-corrected chi connectivity index (χ3v) is 4.74. The first-order valence-corrected chi connectivity index (χ1v) is 8.94. The van der Waals surface area contributed by atoms with Crippen LogP contribution in [0.15, 0.2) is 53.4 Å². The molecule has 1 saturated heterocycles. The lowest BCUT2D eigenvalue weighted by Gasteiger charge is -2.07. The first kappa shape index (κ1) is 19.2. The Balaban J connectivity index is 1.65. The molecule has 1 heterocycles. The first-order chi connectivity index (χ1) is 13.5. The molecule has 140 valence electrons. The highest BCUT2D eigenvalue weighted by atomic mass is 32.2. The molecule has 1 aliphatic rings. The third kappa shape index (κ3) is 4.39. The van der Waals surface area contributed by atoms with E-state index in [-0.39, 0.29) is 24.1 Å². The van der Waals surface area contributed by atoms with Gasteiger partial charge in [-0.15, -0.1) is 6.42 Å². The molecule has 0 saturated carbocycles. The molecule has 3 rings (SSSR count). The lowest BCUT2D eigenvalue weighted by Crippen LogP contribution is -2.28. The summed E-state index contributed by atoms with van der Waals surface area (Å²) < 4.78 is 5.64. The van der Waals surface area contributed by atoms with Gasteiger partial charge in [-0.05, 0) is 41.1 Å². The lowest BCUT2D eigenvalue weighted by molar-refractivity contribution is -0.384. The van der Waals surface area contributed by atoms with Crippen molar-refractivity contribution in [2.24, 2.45) is 0 Å². The number of imide groups is 1. The van der Waals surface area contributed by atoms with Crippen molar-refractivity contribution in [2.75, 3.05) is 6.54 Å². The van der Waals surface area contributed by atoms with Crippen LogP contribution in [0.25, 0.3) is 6.08 Å². The van der Waals surface area contributed by atoms with Gasteiger partial charge in [0.25, 0.3) is 16.8 Å². The molecule has 0 atom stereocenters. The molecule has 0 aromatic heterocycles. The molecule has 0 unspecified atom stereocenters. The van der Waals surface area contributed by atoms with Gasteiger partial charge in [-0.3, -0.25) is 24.6 Å². The van der Waals surface area contributed by atoms with Gasteiger partial charge in [-0.25, -0.2) is 0 Å². The number of terminal acetylenes is 1. The maximum absolute atomic E-state index is 12.2. The largest absolute Gasteiger partial charge is 0.489 e. The van der Waals surface area contributed by atoms with Gasteiger partial charge in [-0.1, -0.05) is 30.2 Å². The highest BCUT2D eigenvalue weighted by Crippen LogP contribution is 2.32. The molecule has 1 fully saturated rings. The van der Waals surface area contributed by atoms with E-state index in [2.05, 4.69) is 5.92 Å². The van der Waals surface area contributed by atoms with Gasteiger partial charge in [0.1, 0.15) is 12.4 Å². The van der Waals surface area contributed by atoms with E-state index in [9.17, 15) is 19.7 Å². The van der Waals surface area contributed by atoms with Crippen LogP contribution in [0.3, 0.4) is 0 Å². The van der Waals surface area contributed by atoms with E-state index in [1.54, 1.807) is 42.5 Å². The summed E-state index contributed by atoms with van der Waals surface area (Å²) in [5.41, 5.74) is 1.42. The molecule has 8 heteroatoms. The predicted octanol–water partition coefficient (Wildman–Crippen LogP) is 3.84. The van der Waals surface area contributed by atoms with Gasteiger partial charge in [0.15, 0.2) is 0 Å². The molecule has 0 radical (unpaired) electrons. The van der Waals surface area contributed by atoms with Crippen LogP contribution in [0.1, 0.15) is 11.1 Å². The van der Waals surface area contributed by atoms with E-state index in [4.69, 9.17) is 11.2 Å². The van der Waals surface area contributed by atoms with Crippen molar-refractivity contribution < 1.29 is 19.2 Å². The zero-order chi connectivity index (χ0) is 20.1. The number of benzene rings is 2. The molecule has 2 amide bonds. The third-order valence-electron chi connectivity index (χ3n) is 3.83. The molecular weight excluding hydrogens is 380 g/mol. The number of rotatable bonds is 6. The molecule has 0 bridgehead atoms. The maximum Gasteiger partial charge on any atom is 0.294 e. The molecule has 28 heavy (non-hydrogen) atoms. The van der Waals surface area contributed by atoms with Gasteiger partial charge in [0, 0.05) is 12.1 Å². The van der Waals surface area contributed by atoms with Crippen LogP contribution in [0.2, 0.25) is 0 Å². The second-order valence-electron chi connectivity index (χ2n) is 5.76. The fourth-order valence-corrected chi connectivity index (χ4v) is 3.30. The summed E-state index contributed by atoms with van der Waals surface area (Å²) in [7, 11) is 0. The van der Waals surface area contributed by atoms with Crippen LogP contribution in [0, 0.1) is 22.5 Å². The summed E-state index contributed by atoms with van der Waals surface area (Å²) in [6.45, 7) is 0.137. The number of nitro benzene ring substituents is 1. The van der Waals surface area contributed by atoms with Crippen molar-refractivity contribution in [3.05, 3.63) is 74.7 Å². The van der Waals surface area contributed by atoms with Crippen LogP contribution >= 0.6 is 11.8 Å². The minimum absolute atomic E-state index is 0.00947. The van der Waals surface area contributed by atoms with Gasteiger partial charge < -0.3 is 4.74 Å². The number of carbonyl (C=O) groups excluding carboxylic acids is 2. The van der Waals surface area contributed by atoms with Crippen molar-refractivity contribution in [3.63, 3.8) is 0 Å². The maximum atomic E-state index is 12.2. The number of thioether (sulfide) groups is 1. The van der Waals surface area contributed by atoms with Gasteiger partial charge in [0.05, 0.1) is 16.4 Å². The molecular formula is C20H14N2O5S. The van der Waals surface area contributed by atoms with Gasteiger partial charge in [0.2, 0.25) is 0 Å². The summed E-state index contributed by atoms with van der Waals surface area (Å²) in [4.78, 5) is 35.6. The van der Waals surface area contributed by atoms with Gasteiger partial charge >= 0.3 is 0 Å². The Morgan fingerprint density at radius 3 is 2.64 bits per heavy atom. The number of non-ortho nitro benzene ring substituents is 1. The van der Waals surface area contributed by atoms with Crippen molar-refractivity contribution in [1.29, 1.82) is 0 Å². The van der Waals surface area contributed by atoms with Crippen molar-refractivity contribution in [2.45, 2.75) is 6.61 Å².